The van der Waals surface area contributed by atoms with Crippen LogP contribution in [0.25, 0.3) is 0 Å². The zero-order valence-electron chi connectivity index (χ0n) is 14.2. The molecule has 1 unspecified atom stereocenters. The highest BCUT2D eigenvalue weighted by Crippen LogP contribution is 2.21. The molecule has 0 bridgehead atoms. The molecule has 136 valence electrons. The monoisotopic (exact) mass is 398 g/mol. The quantitative estimate of drug-likeness (QED) is 0.627. The van der Waals surface area contributed by atoms with Gasteiger partial charge in [-0.3, -0.25) is 9.59 Å². The van der Waals surface area contributed by atoms with Gasteiger partial charge in [-0.15, -0.1) is 0 Å². The van der Waals surface area contributed by atoms with Crippen LogP contribution >= 0.6 is 23.2 Å². The minimum Gasteiger partial charge on any atom is -0.336 e. The number of anilines is 1. The molecule has 6 heteroatoms. The van der Waals surface area contributed by atoms with Crippen molar-refractivity contribution in [2.75, 3.05) is 5.32 Å². The van der Waals surface area contributed by atoms with Gasteiger partial charge in [-0.1, -0.05) is 59.6 Å². The van der Waals surface area contributed by atoms with Crippen molar-refractivity contribution in [3.63, 3.8) is 0 Å². The SMILES string of the molecule is O=C(NC(C(=O)Nc1cccc(Cl)c1)c1ccc(Cl)cc1)c1ccccc1. The van der Waals surface area contributed by atoms with Gasteiger partial charge in [0.2, 0.25) is 0 Å². The molecule has 3 aromatic rings. The van der Waals surface area contributed by atoms with Crippen molar-refractivity contribution in [2.24, 2.45) is 0 Å². The summed E-state index contributed by atoms with van der Waals surface area (Å²) in [6, 6.07) is 21.4. The Hall–Kier alpha value is -2.82. The summed E-state index contributed by atoms with van der Waals surface area (Å²) >= 11 is 11.9. The molecule has 0 aliphatic heterocycles. The van der Waals surface area contributed by atoms with Gasteiger partial charge in [0.05, 0.1) is 0 Å². The van der Waals surface area contributed by atoms with Gasteiger partial charge >= 0.3 is 0 Å². The fourth-order valence-electron chi connectivity index (χ4n) is 2.54. The second-order valence-corrected chi connectivity index (χ2v) is 6.70. The van der Waals surface area contributed by atoms with Crippen LogP contribution in [0, 0.1) is 0 Å². The number of hydrogen-bond acceptors (Lipinski definition) is 2. The summed E-state index contributed by atoms with van der Waals surface area (Å²) in [5.41, 5.74) is 1.62. The van der Waals surface area contributed by atoms with Gasteiger partial charge in [-0.05, 0) is 48.0 Å². The third kappa shape index (κ3) is 5.09. The van der Waals surface area contributed by atoms with E-state index in [-0.39, 0.29) is 11.8 Å². The Bertz CT molecular complexity index is 944. The molecule has 0 fully saturated rings. The van der Waals surface area contributed by atoms with Gasteiger partial charge in [0, 0.05) is 21.3 Å². The first-order chi connectivity index (χ1) is 13.0. The number of amides is 2. The molecule has 27 heavy (non-hydrogen) atoms. The van der Waals surface area contributed by atoms with Gasteiger partial charge in [0.25, 0.3) is 11.8 Å². The Morgan fingerprint density at radius 2 is 1.48 bits per heavy atom. The zero-order valence-corrected chi connectivity index (χ0v) is 15.7. The van der Waals surface area contributed by atoms with E-state index in [0.29, 0.717) is 26.9 Å². The van der Waals surface area contributed by atoms with Crippen molar-refractivity contribution in [1.29, 1.82) is 0 Å². The van der Waals surface area contributed by atoms with E-state index in [2.05, 4.69) is 10.6 Å². The van der Waals surface area contributed by atoms with Crippen molar-refractivity contribution in [1.82, 2.24) is 5.32 Å². The minimum atomic E-state index is -0.894. The van der Waals surface area contributed by atoms with Gasteiger partial charge in [-0.2, -0.15) is 0 Å². The van der Waals surface area contributed by atoms with E-state index < -0.39 is 6.04 Å². The van der Waals surface area contributed by atoms with Crippen molar-refractivity contribution in [2.45, 2.75) is 6.04 Å². The van der Waals surface area contributed by atoms with E-state index in [1.807, 2.05) is 6.07 Å². The number of carbonyl (C=O) groups excluding carboxylic acids is 2. The highest BCUT2D eigenvalue weighted by molar-refractivity contribution is 6.31. The highest BCUT2D eigenvalue weighted by Gasteiger charge is 2.23. The average molecular weight is 399 g/mol. The lowest BCUT2D eigenvalue weighted by atomic mass is 10.0. The lowest BCUT2D eigenvalue weighted by Gasteiger charge is -2.19. The summed E-state index contributed by atoms with van der Waals surface area (Å²) in [7, 11) is 0. The van der Waals surface area contributed by atoms with Gasteiger partial charge in [-0.25, -0.2) is 0 Å². The van der Waals surface area contributed by atoms with Crippen LogP contribution in [0.2, 0.25) is 10.0 Å². The van der Waals surface area contributed by atoms with E-state index in [0.717, 1.165) is 0 Å². The number of hydrogen-bond donors (Lipinski definition) is 2. The molecule has 0 aliphatic rings. The van der Waals surface area contributed by atoms with Crippen LogP contribution in [-0.2, 0) is 4.79 Å². The topological polar surface area (TPSA) is 58.2 Å². The van der Waals surface area contributed by atoms with Crippen LogP contribution < -0.4 is 10.6 Å². The number of carbonyl (C=O) groups is 2. The summed E-state index contributed by atoms with van der Waals surface area (Å²) in [4.78, 5) is 25.4. The molecular formula is C21H16Cl2N2O2. The normalized spacial score (nSPS) is 11.5. The van der Waals surface area contributed by atoms with Crippen LogP contribution in [0.1, 0.15) is 22.0 Å². The lowest BCUT2D eigenvalue weighted by Crippen LogP contribution is -2.37. The summed E-state index contributed by atoms with van der Waals surface area (Å²) in [5, 5.41) is 6.61. The molecule has 3 aromatic carbocycles. The molecule has 0 aromatic heterocycles. The number of halogens is 2. The Balaban J connectivity index is 1.86. The molecule has 2 amide bonds. The maximum Gasteiger partial charge on any atom is 0.252 e. The average Bonchev–Trinajstić information content (AvgIpc) is 2.67. The van der Waals surface area contributed by atoms with Gasteiger partial charge in [0.1, 0.15) is 6.04 Å². The Morgan fingerprint density at radius 1 is 0.778 bits per heavy atom. The Labute approximate surface area is 167 Å². The maximum absolute atomic E-state index is 12.9. The second-order valence-electron chi connectivity index (χ2n) is 5.82. The van der Waals surface area contributed by atoms with Gasteiger partial charge < -0.3 is 10.6 Å². The predicted molar refractivity (Wildman–Crippen MR) is 108 cm³/mol. The first-order valence-corrected chi connectivity index (χ1v) is 8.96. The molecule has 0 heterocycles. The van der Waals surface area contributed by atoms with Crippen molar-refractivity contribution in [3.8, 4) is 0 Å². The lowest BCUT2D eigenvalue weighted by molar-refractivity contribution is -0.118. The van der Waals surface area contributed by atoms with Crippen LogP contribution in [0.3, 0.4) is 0 Å². The number of nitrogens with one attached hydrogen (secondary N) is 2. The molecule has 0 radical (unpaired) electrons. The zero-order chi connectivity index (χ0) is 19.2. The minimum absolute atomic E-state index is 0.350. The number of rotatable bonds is 5. The largest absolute Gasteiger partial charge is 0.336 e. The van der Waals surface area contributed by atoms with Crippen LogP contribution in [0.15, 0.2) is 78.9 Å². The third-order valence-electron chi connectivity index (χ3n) is 3.87. The Morgan fingerprint density at radius 3 is 2.15 bits per heavy atom. The number of benzene rings is 3. The third-order valence-corrected chi connectivity index (χ3v) is 4.36. The summed E-state index contributed by atoms with van der Waals surface area (Å²) in [6.07, 6.45) is 0. The predicted octanol–water partition coefficient (Wildman–Crippen LogP) is 5.10. The molecule has 0 aliphatic carbocycles. The van der Waals surface area contributed by atoms with Gasteiger partial charge in [0.15, 0.2) is 0 Å². The standard InChI is InChI=1S/C21H16Cl2N2O2/c22-16-11-9-14(10-12-16)19(25-20(26)15-5-2-1-3-6-15)21(27)24-18-8-4-7-17(23)13-18/h1-13,19H,(H,24,27)(H,25,26). The van der Waals surface area contributed by atoms with E-state index in [9.17, 15) is 9.59 Å². The van der Waals surface area contributed by atoms with Crippen LogP contribution in [0.4, 0.5) is 5.69 Å². The fraction of sp³-hybridized carbons (Fsp3) is 0.0476. The van der Waals surface area contributed by atoms with E-state index in [4.69, 9.17) is 23.2 Å². The van der Waals surface area contributed by atoms with Crippen molar-refractivity contribution < 1.29 is 9.59 Å². The van der Waals surface area contributed by atoms with Crippen LogP contribution in [0.5, 0.6) is 0 Å². The maximum atomic E-state index is 12.9. The summed E-state index contributed by atoms with van der Waals surface area (Å²) in [5.74, 6) is -0.735. The molecule has 0 saturated carbocycles. The van der Waals surface area contributed by atoms with Crippen molar-refractivity contribution in [3.05, 3.63) is 100 Å². The van der Waals surface area contributed by atoms with E-state index >= 15 is 0 Å². The molecule has 0 spiro atoms. The second kappa shape index (κ2) is 8.71. The molecule has 1 atom stereocenters. The first-order valence-electron chi connectivity index (χ1n) is 8.21. The summed E-state index contributed by atoms with van der Waals surface area (Å²) < 4.78 is 0. The molecule has 2 N–H and O–H groups in total. The molecule has 0 saturated heterocycles. The smallest absolute Gasteiger partial charge is 0.252 e. The fourth-order valence-corrected chi connectivity index (χ4v) is 2.86. The molecule has 4 nitrogen and oxygen atoms in total. The molecule has 3 rings (SSSR count). The first kappa shape index (κ1) is 19.0. The van der Waals surface area contributed by atoms with E-state index in [1.54, 1.807) is 72.8 Å². The molecular weight excluding hydrogens is 383 g/mol. The van der Waals surface area contributed by atoms with E-state index in [1.165, 1.54) is 0 Å². The Kier molecular flexibility index (Phi) is 6.12. The van der Waals surface area contributed by atoms with Crippen LogP contribution in [-0.4, -0.2) is 11.8 Å². The highest BCUT2D eigenvalue weighted by atomic mass is 35.5. The van der Waals surface area contributed by atoms with Crippen molar-refractivity contribution >= 4 is 40.7 Å². The summed E-state index contributed by atoms with van der Waals surface area (Å²) in [6.45, 7) is 0.